The van der Waals surface area contributed by atoms with Crippen LogP contribution in [0, 0.1) is 17.8 Å². The van der Waals surface area contributed by atoms with Gasteiger partial charge >= 0.3 is 5.97 Å². The van der Waals surface area contributed by atoms with E-state index < -0.39 is 35.8 Å². The van der Waals surface area contributed by atoms with Gasteiger partial charge in [0.15, 0.2) is 0 Å². The highest BCUT2D eigenvalue weighted by Crippen LogP contribution is 2.30. The Hall–Kier alpha value is -3.55. The molecule has 9 unspecified atom stereocenters. The van der Waals surface area contributed by atoms with Crippen molar-refractivity contribution in [2.45, 2.75) is 122 Å². The van der Waals surface area contributed by atoms with E-state index in [1.165, 1.54) is 7.11 Å². The quantitative estimate of drug-likeness (QED) is 0.159. The highest BCUT2D eigenvalue weighted by Gasteiger charge is 2.45. The third-order valence-electron chi connectivity index (χ3n) is 11.3. The summed E-state index contributed by atoms with van der Waals surface area (Å²) in [4.78, 5) is 57.1. The maximum atomic E-state index is 15.3. The normalized spacial score (nSPS) is 22.6. The van der Waals surface area contributed by atoms with Crippen LogP contribution in [0.25, 0.3) is 0 Å². The summed E-state index contributed by atoms with van der Waals surface area (Å²) >= 11 is 0. The van der Waals surface area contributed by atoms with Crippen LogP contribution in [-0.4, -0.2) is 124 Å². The number of halogens is 1. The van der Waals surface area contributed by atoms with E-state index in [9.17, 15) is 19.2 Å². The number of rotatable bonds is 21. The van der Waals surface area contributed by atoms with E-state index in [0.29, 0.717) is 25.9 Å². The molecule has 13 heteroatoms. The molecule has 0 radical (unpaired) electrons. The van der Waals surface area contributed by atoms with Gasteiger partial charge in [-0.15, -0.1) is 0 Å². The highest BCUT2D eigenvalue weighted by molar-refractivity contribution is 5.92. The molecule has 2 saturated heterocycles. The van der Waals surface area contributed by atoms with Crippen LogP contribution in [0.15, 0.2) is 42.6 Å². The van der Waals surface area contributed by atoms with Gasteiger partial charge in [-0.05, 0) is 55.3 Å². The summed E-state index contributed by atoms with van der Waals surface area (Å²) in [6, 6.07) is 7.67. The number of allylic oxidation sites excluding steroid dienone is 1. The van der Waals surface area contributed by atoms with Crippen LogP contribution in [-0.2, 0) is 39.8 Å². The molecule has 2 aliphatic heterocycles. The molecule has 1 aromatic carbocycles. The van der Waals surface area contributed by atoms with Crippen LogP contribution >= 0.6 is 0 Å². The van der Waals surface area contributed by atoms with E-state index in [4.69, 9.17) is 14.2 Å². The topological polar surface area (TPSA) is 139 Å². The first-order valence-electron chi connectivity index (χ1n) is 19.6. The first kappa shape index (κ1) is 44.8. The van der Waals surface area contributed by atoms with Crippen LogP contribution in [0.2, 0.25) is 0 Å². The lowest BCUT2D eigenvalue weighted by atomic mass is 9.89. The number of carbonyl (C=O) groups excluding carboxylic acids is 4. The first-order chi connectivity index (χ1) is 25.7. The molecule has 1 aromatic rings. The van der Waals surface area contributed by atoms with E-state index in [0.717, 1.165) is 24.8 Å². The lowest BCUT2D eigenvalue weighted by Crippen LogP contribution is -2.59. The number of amides is 3. The second-order valence-corrected chi connectivity index (χ2v) is 15.4. The molecule has 3 rings (SSSR count). The fraction of sp³-hybridized carbons (Fsp3) is 0.707. The molecule has 12 nitrogen and oxygen atoms in total. The van der Waals surface area contributed by atoms with Crippen molar-refractivity contribution < 1.29 is 37.8 Å². The molecule has 304 valence electrons. The van der Waals surface area contributed by atoms with Gasteiger partial charge in [0, 0.05) is 47.2 Å². The van der Waals surface area contributed by atoms with Crippen LogP contribution in [0.3, 0.4) is 0 Å². The lowest BCUT2D eigenvalue weighted by Gasteiger charge is -2.41. The second-order valence-electron chi connectivity index (χ2n) is 15.4. The zero-order valence-electron chi connectivity index (χ0n) is 33.9. The number of benzene rings is 1. The fourth-order valence-corrected chi connectivity index (χ4v) is 7.89. The molecule has 54 heavy (non-hydrogen) atoms. The van der Waals surface area contributed by atoms with E-state index >= 15 is 4.39 Å². The Labute approximate surface area is 322 Å². The fourth-order valence-electron chi connectivity index (χ4n) is 7.89. The van der Waals surface area contributed by atoms with Crippen LogP contribution < -0.4 is 16.0 Å². The van der Waals surface area contributed by atoms with Crippen molar-refractivity contribution in [2.75, 3.05) is 48.0 Å². The summed E-state index contributed by atoms with van der Waals surface area (Å²) in [6.45, 7) is 10.7. The van der Waals surface area contributed by atoms with Gasteiger partial charge in [0.1, 0.15) is 12.1 Å². The maximum absolute atomic E-state index is 15.3. The molecule has 0 saturated carbocycles. The van der Waals surface area contributed by atoms with Crippen LogP contribution in [0.4, 0.5) is 4.39 Å². The maximum Gasteiger partial charge on any atom is 0.328 e. The second kappa shape index (κ2) is 21.5. The Morgan fingerprint density at radius 3 is 2.35 bits per heavy atom. The Kier molecular flexibility index (Phi) is 17.9. The molecule has 0 bridgehead atoms. The van der Waals surface area contributed by atoms with Crippen molar-refractivity contribution in [3.8, 4) is 0 Å². The number of esters is 1. The monoisotopic (exact) mass is 759 g/mol. The Bertz CT molecular complexity index is 1370. The van der Waals surface area contributed by atoms with Gasteiger partial charge in [0.25, 0.3) is 5.91 Å². The molecule has 2 heterocycles. The molecule has 2 fully saturated rings. The third kappa shape index (κ3) is 11.7. The molecule has 0 aromatic heterocycles. The van der Waals surface area contributed by atoms with Gasteiger partial charge < -0.3 is 40.0 Å². The molecule has 3 amide bonds. The average Bonchev–Trinajstić information content (AvgIpc) is 3.84. The van der Waals surface area contributed by atoms with Crippen molar-refractivity contribution >= 4 is 23.7 Å². The molecular formula is C41H66FN5O7. The molecule has 9 atom stereocenters. The van der Waals surface area contributed by atoms with E-state index in [1.54, 1.807) is 32.4 Å². The zero-order chi connectivity index (χ0) is 40.0. The van der Waals surface area contributed by atoms with Gasteiger partial charge in [-0.3, -0.25) is 14.4 Å². The van der Waals surface area contributed by atoms with Crippen molar-refractivity contribution in [1.29, 1.82) is 0 Å². The van der Waals surface area contributed by atoms with Gasteiger partial charge in [-0.2, -0.15) is 0 Å². The zero-order valence-corrected chi connectivity index (χ0v) is 33.9. The van der Waals surface area contributed by atoms with E-state index in [-0.39, 0.29) is 67.1 Å². The molecule has 3 N–H and O–H groups in total. The number of hydrogen-bond acceptors (Lipinski definition) is 9. The van der Waals surface area contributed by atoms with Crippen LogP contribution in [0.5, 0.6) is 0 Å². The first-order valence-corrected chi connectivity index (χ1v) is 19.6. The van der Waals surface area contributed by atoms with Crippen molar-refractivity contribution in [3.05, 3.63) is 48.2 Å². The largest absolute Gasteiger partial charge is 0.467 e. The van der Waals surface area contributed by atoms with Gasteiger partial charge in [0.2, 0.25) is 17.5 Å². The number of nitrogens with one attached hydrogen (secondary N) is 3. The van der Waals surface area contributed by atoms with Gasteiger partial charge in [-0.1, -0.05) is 77.4 Å². The summed E-state index contributed by atoms with van der Waals surface area (Å²) in [6.07, 6.45) is 6.53. The van der Waals surface area contributed by atoms with Crippen molar-refractivity contribution in [2.24, 2.45) is 17.8 Å². The van der Waals surface area contributed by atoms with E-state index in [1.807, 2.05) is 69.0 Å². The summed E-state index contributed by atoms with van der Waals surface area (Å²) in [5.41, 5.74) is -1.04. The summed E-state index contributed by atoms with van der Waals surface area (Å²) < 4.78 is 32.4. The third-order valence-corrected chi connectivity index (χ3v) is 11.3. The number of likely N-dealkylation sites (tertiary alicyclic amines) is 1. The minimum Gasteiger partial charge on any atom is -0.467 e. The number of carbonyl (C=O) groups is 4. The van der Waals surface area contributed by atoms with Crippen LogP contribution in [0.1, 0.15) is 78.7 Å². The van der Waals surface area contributed by atoms with Crippen molar-refractivity contribution in [3.63, 3.8) is 0 Å². The molecule has 0 spiro atoms. The Balaban J connectivity index is 1.69. The lowest BCUT2D eigenvalue weighted by molar-refractivity contribution is -0.148. The Morgan fingerprint density at radius 1 is 1.07 bits per heavy atom. The summed E-state index contributed by atoms with van der Waals surface area (Å²) in [5.74, 6) is -1.83. The molecule has 0 aliphatic carbocycles. The Morgan fingerprint density at radius 2 is 1.78 bits per heavy atom. The number of hydrogen-bond donors (Lipinski definition) is 3. The predicted molar refractivity (Wildman–Crippen MR) is 207 cm³/mol. The summed E-state index contributed by atoms with van der Waals surface area (Å²) in [7, 11) is 6.29. The van der Waals surface area contributed by atoms with E-state index in [2.05, 4.69) is 22.9 Å². The average molecular weight is 760 g/mol. The minimum absolute atomic E-state index is 0.0419. The van der Waals surface area contributed by atoms with Crippen molar-refractivity contribution in [1.82, 2.24) is 25.8 Å². The number of alkyl halides is 1. The number of likely N-dealkylation sites (N-methyl/N-ethyl adjacent to an activating group) is 1. The van der Waals surface area contributed by atoms with Gasteiger partial charge in [0.05, 0.1) is 37.8 Å². The number of methoxy groups -OCH3 is 3. The predicted octanol–water partition coefficient (Wildman–Crippen LogP) is 4.03. The standard InChI is InChI=1S/C41H66FN5O7/c1-10-28(4)36(46(6)38(49)35(27(2)3)45-40(51)41(42)20-22-43-26-41)33(52-7)25-34(48)47-23-15-19-32(47)37(53-8)29(5)16-14-21-44-31(39(50)54-9)24-30-17-12-11-13-18-30/h11-14,17-18,21,27-29,31-33,35-37,43-44H,10,15-16,19-20,22-26H2,1-9H3,(H,45,51)/b21-14+. The highest BCUT2D eigenvalue weighted by atomic mass is 19.1. The molecular weight excluding hydrogens is 693 g/mol. The number of nitrogens with zero attached hydrogens (tertiary/aromatic N) is 2. The SMILES string of the molecule is CCC(C)C(C(CC(=O)N1CCCC1C(OC)C(C)C/C=C/NC(Cc1ccccc1)C(=O)OC)OC)N(C)C(=O)C(NC(=O)C1(F)CCNC1)C(C)C. The molecule has 2 aliphatic rings. The smallest absolute Gasteiger partial charge is 0.328 e. The summed E-state index contributed by atoms with van der Waals surface area (Å²) in [5, 5.41) is 8.79. The minimum atomic E-state index is -2.06. The number of ether oxygens (including phenoxy) is 3. The van der Waals surface area contributed by atoms with Gasteiger partial charge in [-0.25, -0.2) is 9.18 Å².